The molecule has 3 aromatic rings. The van der Waals surface area contributed by atoms with Gasteiger partial charge >= 0.3 is 0 Å². The zero-order valence-corrected chi connectivity index (χ0v) is 10.6. The number of nitrogens with one attached hydrogen (secondary N) is 1. The first-order chi connectivity index (χ1) is 9.13. The molecule has 0 spiro atoms. The van der Waals surface area contributed by atoms with E-state index in [2.05, 4.69) is 20.2 Å². The number of rotatable bonds is 2. The lowest BCUT2D eigenvalue weighted by Crippen LogP contribution is -1.98. The van der Waals surface area contributed by atoms with Gasteiger partial charge in [-0.05, 0) is 25.5 Å². The van der Waals surface area contributed by atoms with Crippen molar-refractivity contribution >= 4 is 17.0 Å². The van der Waals surface area contributed by atoms with E-state index in [1.54, 1.807) is 6.20 Å². The Morgan fingerprint density at radius 3 is 2.84 bits per heavy atom. The molecule has 3 N–H and O–H groups in total. The molecule has 0 bridgehead atoms. The van der Waals surface area contributed by atoms with Crippen LogP contribution in [0.2, 0.25) is 0 Å². The molecule has 0 saturated heterocycles. The van der Waals surface area contributed by atoms with Gasteiger partial charge in [0.2, 0.25) is 11.8 Å². The third-order valence-corrected chi connectivity index (χ3v) is 2.83. The van der Waals surface area contributed by atoms with E-state index in [0.29, 0.717) is 16.9 Å². The molecule has 0 aliphatic rings. The SMILES string of the molecule is Cc1ccc(Oc2nc(N)nc3[nH]ncc23)c(C)c1. The van der Waals surface area contributed by atoms with E-state index in [9.17, 15) is 0 Å². The number of H-pyrrole nitrogens is 1. The van der Waals surface area contributed by atoms with Gasteiger partial charge in [-0.1, -0.05) is 17.7 Å². The molecule has 0 radical (unpaired) electrons. The first-order valence-electron chi connectivity index (χ1n) is 5.85. The second kappa shape index (κ2) is 4.24. The fourth-order valence-corrected chi connectivity index (χ4v) is 1.92. The van der Waals surface area contributed by atoms with Crippen LogP contribution in [-0.2, 0) is 0 Å². The molecule has 0 unspecified atom stereocenters. The Morgan fingerprint density at radius 2 is 2.05 bits per heavy atom. The van der Waals surface area contributed by atoms with Crippen molar-refractivity contribution in [3.63, 3.8) is 0 Å². The Hall–Kier alpha value is -2.63. The van der Waals surface area contributed by atoms with Crippen LogP contribution in [0.15, 0.2) is 24.4 Å². The third kappa shape index (κ3) is 2.08. The lowest BCUT2D eigenvalue weighted by Gasteiger charge is -2.09. The fourth-order valence-electron chi connectivity index (χ4n) is 1.92. The van der Waals surface area contributed by atoms with Gasteiger partial charge in [0.15, 0.2) is 5.65 Å². The van der Waals surface area contributed by atoms with Crippen molar-refractivity contribution < 1.29 is 4.74 Å². The zero-order valence-electron chi connectivity index (χ0n) is 10.6. The van der Waals surface area contributed by atoms with E-state index in [1.165, 1.54) is 5.56 Å². The standard InChI is InChI=1S/C13H13N5O/c1-7-3-4-10(8(2)5-7)19-12-9-6-15-18-11(9)16-13(14)17-12/h3-6H,1-2H3,(H3,14,15,16,17,18). The van der Waals surface area contributed by atoms with Gasteiger partial charge in [0.05, 0.1) is 6.20 Å². The van der Waals surface area contributed by atoms with Crippen molar-refractivity contribution in [3.05, 3.63) is 35.5 Å². The predicted octanol–water partition coefficient (Wildman–Crippen LogP) is 2.34. The van der Waals surface area contributed by atoms with Crippen LogP contribution in [0.4, 0.5) is 5.95 Å². The van der Waals surface area contributed by atoms with Crippen molar-refractivity contribution in [1.29, 1.82) is 0 Å². The monoisotopic (exact) mass is 255 g/mol. The predicted molar refractivity (Wildman–Crippen MR) is 72.1 cm³/mol. The van der Waals surface area contributed by atoms with E-state index >= 15 is 0 Å². The van der Waals surface area contributed by atoms with Crippen LogP contribution >= 0.6 is 0 Å². The minimum atomic E-state index is 0.150. The lowest BCUT2D eigenvalue weighted by molar-refractivity contribution is 0.465. The van der Waals surface area contributed by atoms with E-state index in [1.807, 2.05) is 32.0 Å². The topological polar surface area (TPSA) is 89.7 Å². The van der Waals surface area contributed by atoms with Crippen molar-refractivity contribution in [2.75, 3.05) is 5.73 Å². The molecule has 1 aromatic carbocycles. The number of anilines is 1. The summed E-state index contributed by atoms with van der Waals surface area (Å²) in [6, 6.07) is 5.95. The highest BCUT2D eigenvalue weighted by Gasteiger charge is 2.11. The van der Waals surface area contributed by atoms with Gasteiger partial charge in [0.1, 0.15) is 11.1 Å². The number of aryl methyl sites for hydroxylation is 2. The molecule has 2 heterocycles. The molecule has 3 rings (SSSR count). The van der Waals surface area contributed by atoms with Crippen LogP contribution in [0.25, 0.3) is 11.0 Å². The number of nitrogens with zero attached hydrogens (tertiary/aromatic N) is 3. The molecule has 0 aliphatic carbocycles. The molecular weight excluding hydrogens is 242 g/mol. The summed E-state index contributed by atoms with van der Waals surface area (Å²) in [6.45, 7) is 4.02. The molecule has 0 amide bonds. The van der Waals surface area contributed by atoms with Crippen LogP contribution in [0.3, 0.4) is 0 Å². The Morgan fingerprint density at radius 1 is 1.21 bits per heavy atom. The summed E-state index contributed by atoms with van der Waals surface area (Å²) in [6.07, 6.45) is 1.62. The van der Waals surface area contributed by atoms with Gasteiger partial charge in [-0.2, -0.15) is 15.1 Å². The quantitative estimate of drug-likeness (QED) is 0.733. The minimum Gasteiger partial charge on any atom is -0.438 e. The van der Waals surface area contributed by atoms with Crippen LogP contribution in [0, 0.1) is 13.8 Å². The number of nitrogens with two attached hydrogens (primary N) is 1. The van der Waals surface area contributed by atoms with E-state index in [0.717, 1.165) is 11.3 Å². The number of hydrogen-bond acceptors (Lipinski definition) is 5. The van der Waals surface area contributed by atoms with E-state index in [4.69, 9.17) is 10.5 Å². The number of ether oxygens (including phenoxy) is 1. The molecule has 2 aromatic heterocycles. The lowest BCUT2D eigenvalue weighted by atomic mass is 10.1. The van der Waals surface area contributed by atoms with Gasteiger partial charge in [-0.25, -0.2) is 0 Å². The Labute approximate surface area is 109 Å². The maximum absolute atomic E-state index is 5.83. The summed E-state index contributed by atoms with van der Waals surface area (Å²) in [7, 11) is 0. The summed E-state index contributed by atoms with van der Waals surface area (Å²) in [5.41, 5.74) is 8.43. The summed E-state index contributed by atoms with van der Waals surface area (Å²) < 4.78 is 5.83. The molecule has 96 valence electrons. The molecule has 0 saturated carbocycles. The van der Waals surface area contributed by atoms with Gasteiger partial charge in [-0.3, -0.25) is 5.10 Å². The zero-order chi connectivity index (χ0) is 13.4. The van der Waals surface area contributed by atoms with Crippen LogP contribution in [-0.4, -0.2) is 20.2 Å². The molecule has 0 fully saturated rings. The van der Waals surface area contributed by atoms with Crippen LogP contribution in [0.5, 0.6) is 11.6 Å². The van der Waals surface area contributed by atoms with Crippen LogP contribution in [0.1, 0.15) is 11.1 Å². The van der Waals surface area contributed by atoms with Gasteiger partial charge < -0.3 is 10.5 Å². The van der Waals surface area contributed by atoms with Crippen molar-refractivity contribution in [1.82, 2.24) is 20.2 Å². The first kappa shape index (κ1) is 11.5. The van der Waals surface area contributed by atoms with Crippen molar-refractivity contribution in [3.8, 4) is 11.6 Å². The summed E-state index contributed by atoms with van der Waals surface area (Å²) in [4.78, 5) is 8.16. The number of nitrogen functional groups attached to an aromatic ring is 1. The summed E-state index contributed by atoms with van der Waals surface area (Å²) in [5.74, 6) is 1.30. The first-order valence-corrected chi connectivity index (χ1v) is 5.85. The largest absolute Gasteiger partial charge is 0.438 e. The third-order valence-electron chi connectivity index (χ3n) is 2.83. The summed E-state index contributed by atoms with van der Waals surface area (Å²) >= 11 is 0. The Kier molecular flexibility index (Phi) is 2.56. The maximum Gasteiger partial charge on any atom is 0.235 e. The van der Waals surface area contributed by atoms with E-state index in [-0.39, 0.29) is 5.95 Å². The maximum atomic E-state index is 5.83. The molecular formula is C13H13N5O. The van der Waals surface area contributed by atoms with Crippen molar-refractivity contribution in [2.45, 2.75) is 13.8 Å². The molecule has 19 heavy (non-hydrogen) atoms. The smallest absolute Gasteiger partial charge is 0.235 e. The number of aromatic amines is 1. The van der Waals surface area contributed by atoms with Gasteiger partial charge in [0, 0.05) is 0 Å². The number of aromatic nitrogens is 4. The molecule has 6 nitrogen and oxygen atoms in total. The fraction of sp³-hybridized carbons (Fsp3) is 0.154. The number of hydrogen-bond donors (Lipinski definition) is 2. The minimum absolute atomic E-state index is 0.150. The van der Waals surface area contributed by atoms with Gasteiger partial charge in [0.25, 0.3) is 0 Å². The van der Waals surface area contributed by atoms with Crippen LogP contribution < -0.4 is 10.5 Å². The molecule has 0 atom stereocenters. The average molecular weight is 255 g/mol. The van der Waals surface area contributed by atoms with E-state index < -0.39 is 0 Å². The second-order valence-corrected chi connectivity index (χ2v) is 4.39. The highest BCUT2D eigenvalue weighted by Crippen LogP contribution is 2.29. The highest BCUT2D eigenvalue weighted by atomic mass is 16.5. The number of fused-ring (bicyclic) bond motifs is 1. The Bertz CT molecular complexity index is 750. The second-order valence-electron chi connectivity index (χ2n) is 4.39. The van der Waals surface area contributed by atoms with Gasteiger partial charge in [-0.15, -0.1) is 0 Å². The summed E-state index contributed by atoms with van der Waals surface area (Å²) in [5, 5.41) is 7.37. The average Bonchev–Trinajstić information content (AvgIpc) is 2.80. The highest BCUT2D eigenvalue weighted by molar-refractivity contribution is 5.80. The Balaban J connectivity index is 2.07. The molecule has 0 aliphatic heterocycles. The number of benzene rings is 1. The van der Waals surface area contributed by atoms with Crippen molar-refractivity contribution in [2.24, 2.45) is 0 Å². The normalized spacial score (nSPS) is 10.8. The molecule has 6 heteroatoms.